The molecular formula is C11H16N4S. The minimum absolute atomic E-state index is 0.0418. The number of nitrogens with one attached hydrogen (secondary N) is 1. The Morgan fingerprint density at radius 3 is 2.56 bits per heavy atom. The van der Waals surface area contributed by atoms with Gasteiger partial charge in [-0.15, -0.1) is 0 Å². The molecule has 4 nitrogen and oxygen atoms in total. The van der Waals surface area contributed by atoms with Crippen LogP contribution in [-0.4, -0.2) is 41.1 Å². The van der Waals surface area contributed by atoms with E-state index in [9.17, 15) is 0 Å². The van der Waals surface area contributed by atoms with E-state index < -0.39 is 0 Å². The van der Waals surface area contributed by atoms with Crippen LogP contribution in [-0.2, 0) is 0 Å². The summed E-state index contributed by atoms with van der Waals surface area (Å²) < 4.78 is 0. The Balaban J connectivity index is 2.20. The van der Waals surface area contributed by atoms with Gasteiger partial charge in [0.1, 0.15) is 0 Å². The van der Waals surface area contributed by atoms with Gasteiger partial charge in [-0.1, -0.05) is 12.2 Å². The maximum atomic E-state index is 5.85. The Morgan fingerprint density at radius 1 is 1.38 bits per heavy atom. The van der Waals surface area contributed by atoms with E-state index in [1.54, 1.807) is 12.4 Å². The highest BCUT2D eigenvalue weighted by molar-refractivity contribution is 7.80. The van der Waals surface area contributed by atoms with Gasteiger partial charge in [-0.3, -0.25) is 9.88 Å². The fourth-order valence-electron chi connectivity index (χ4n) is 2.04. The monoisotopic (exact) mass is 236 g/mol. The average molecular weight is 236 g/mol. The molecule has 0 radical (unpaired) electrons. The van der Waals surface area contributed by atoms with Gasteiger partial charge < -0.3 is 11.1 Å². The largest absolute Gasteiger partial charge is 0.392 e. The highest BCUT2D eigenvalue weighted by Crippen LogP contribution is 2.20. The van der Waals surface area contributed by atoms with Crippen LogP contribution < -0.4 is 11.1 Å². The van der Waals surface area contributed by atoms with Crippen LogP contribution in [0.2, 0.25) is 0 Å². The molecule has 0 spiro atoms. The van der Waals surface area contributed by atoms with Crippen LogP contribution in [0.4, 0.5) is 0 Å². The van der Waals surface area contributed by atoms with E-state index in [0.29, 0.717) is 4.99 Å². The fraction of sp³-hybridized carbons (Fsp3) is 0.455. The number of hydrogen-bond donors (Lipinski definition) is 2. The molecule has 1 atom stereocenters. The van der Waals surface area contributed by atoms with Gasteiger partial charge in [0.2, 0.25) is 0 Å². The zero-order valence-corrected chi connectivity index (χ0v) is 9.91. The SMILES string of the molecule is NC(=S)C(c1ccncc1)N1CCNCC1. The maximum absolute atomic E-state index is 5.85. The van der Waals surface area contributed by atoms with Gasteiger partial charge in [0, 0.05) is 38.6 Å². The Labute approximate surface area is 101 Å². The first kappa shape index (κ1) is 11.4. The van der Waals surface area contributed by atoms with E-state index in [2.05, 4.69) is 15.2 Å². The summed E-state index contributed by atoms with van der Waals surface area (Å²) in [5, 5.41) is 3.32. The van der Waals surface area contributed by atoms with Crippen molar-refractivity contribution in [1.82, 2.24) is 15.2 Å². The van der Waals surface area contributed by atoms with Gasteiger partial charge >= 0.3 is 0 Å². The molecule has 2 rings (SSSR count). The van der Waals surface area contributed by atoms with Gasteiger partial charge in [0.15, 0.2) is 0 Å². The van der Waals surface area contributed by atoms with E-state index in [1.165, 1.54) is 0 Å². The first-order valence-electron chi connectivity index (χ1n) is 5.43. The van der Waals surface area contributed by atoms with Crippen LogP contribution in [0, 0.1) is 0 Å². The van der Waals surface area contributed by atoms with E-state index in [-0.39, 0.29) is 6.04 Å². The molecule has 1 aliphatic heterocycles. The smallest absolute Gasteiger partial charge is 0.0948 e. The predicted molar refractivity (Wildman–Crippen MR) is 68.2 cm³/mol. The molecule has 1 aromatic rings. The highest BCUT2D eigenvalue weighted by Gasteiger charge is 2.24. The van der Waals surface area contributed by atoms with Gasteiger partial charge in [-0.05, 0) is 17.7 Å². The van der Waals surface area contributed by atoms with Crippen molar-refractivity contribution in [2.75, 3.05) is 26.2 Å². The summed E-state index contributed by atoms with van der Waals surface area (Å²) in [6, 6.07) is 4.00. The number of nitrogens with zero attached hydrogens (tertiary/aromatic N) is 2. The topological polar surface area (TPSA) is 54.2 Å². The molecule has 5 heteroatoms. The second-order valence-corrected chi connectivity index (χ2v) is 4.34. The van der Waals surface area contributed by atoms with Gasteiger partial charge in [0.25, 0.3) is 0 Å². The minimum Gasteiger partial charge on any atom is -0.392 e. The van der Waals surface area contributed by atoms with Crippen molar-refractivity contribution in [3.05, 3.63) is 30.1 Å². The zero-order valence-electron chi connectivity index (χ0n) is 9.10. The molecule has 0 amide bonds. The van der Waals surface area contributed by atoms with Crippen molar-refractivity contribution < 1.29 is 0 Å². The van der Waals surface area contributed by atoms with Crippen LogP contribution in [0.3, 0.4) is 0 Å². The van der Waals surface area contributed by atoms with Crippen molar-refractivity contribution in [3.8, 4) is 0 Å². The lowest BCUT2D eigenvalue weighted by Gasteiger charge is -2.34. The van der Waals surface area contributed by atoms with Crippen LogP contribution >= 0.6 is 12.2 Å². The molecule has 0 bridgehead atoms. The molecule has 1 aromatic heterocycles. The van der Waals surface area contributed by atoms with E-state index >= 15 is 0 Å². The lowest BCUT2D eigenvalue weighted by molar-refractivity contribution is 0.215. The Bertz CT molecular complexity index is 348. The van der Waals surface area contributed by atoms with E-state index in [4.69, 9.17) is 18.0 Å². The standard InChI is InChI=1S/C11H16N4S/c12-11(16)10(9-1-3-13-4-2-9)15-7-5-14-6-8-15/h1-4,10,14H,5-8H2,(H2,12,16). The molecule has 86 valence electrons. The predicted octanol–water partition coefficient (Wildman–Crippen LogP) is 0.314. The summed E-state index contributed by atoms with van der Waals surface area (Å²) in [5.41, 5.74) is 6.98. The number of pyridine rings is 1. The Hall–Kier alpha value is -1.04. The molecule has 3 N–H and O–H groups in total. The molecular weight excluding hydrogens is 220 g/mol. The number of thiocarbonyl (C=S) groups is 1. The van der Waals surface area contributed by atoms with Crippen molar-refractivity contribution in [2.24, 2.45) is 5.73 Å². The van der Waals surface area contributed by atoms with Gasteiger partial charge in [-0.2, -0.15) is 0 Å². The maximum Gasteiger partial charge on any atom is 0.0948 e. The van der Waals surface area contributed by atoms with Crippen LogP contribution in [0.1, 0.15) is 11.6 Å². The molecule has 1 aliphatic rings. The second kappa shape index (κ2) is 5.34. The number of aromatic nitrogens is 1. The summed E-state index contributed by atoms with van der Waals surface area (Å²) in [6.45, 7) is 3.93. The van der Waals surface area contributed by atoms with Crippen molar-refractivity contribution in [3.63, 3.8) is 0 Å². The number of piperazine rings is 1. The molecule has 0 aromatic carbocycles. The second-order valence-electron chi connectivity index (χ2n) is 3.87. The summed E-state index contributed by atoms with van der Waals surface area (Å²) in [5.74, 6) is 0. The summed E-state index contributed by atoms with van der Waals surface area (Å²) >= 11 is 5.18. The third-order valence-corrected chi connectivity index (χ3v) is 3.03. The third-order valence-electron chi connectivity index (χ3n) is 2.81. The van der Waals surface area contributed by atoms with Gasteiger partial charge in [0.05, 0.1) is 11.0 Å². The lowest BCUT2D eigenvalue weighted by Crippen LogP contribution is -2.48. The molecule has 2 heterocycles. The van der Waals surface area contributed by atoms with E-state index in [0.717, 1.165) is 31.7 Å². The summed E-state index contributed by atoms with van der Waals surface area (Å²) in [6.07, 6.45) is 3.56. The normalized spacial score (nSPS) is 19.2. The van der Waals surface area contributed by atoms with Gasteiger partial charge in [-0.25, -0.2) is 0 Å². The van der Waals surface area contributed by atoms with Crippen molar-refractivity contribution in [1.29, 1.82) is 0 Å². The van der Waals surface area contributed by atoms with Crippen LogP contribution in [0.15, 0.2) is 24.5 Å². The Kier molecular flexibility index (Phi) is 3.82. The van der Waals surface area contributed by atoms with Crippen molar-refractivity contribution in [2.45, 2.75) is 6.04 Å². The average Bonchev–Trinajstić information content (AvgIpc) is 2.31. The fourth-order valence-corrected chi connectivity index (χ4v) is 2.33. The molecule has 16 heavy (non-hydrogen) atoms. The molecule has 1 saturated heterocycles. The first-order chi connectivity index (χ1) is 7.79. The summed E-state index contributed by atoms with van der Waals surface area (Å²) in [7, 11) is 0. The molecule has 1 fully saturated rings. The van der Waals surface area contributed by atoms with Crippen molar-refractivity contribution >= 4 is 17.2 Å². The number of hydrogen-bond acceptors (Lipinski definition) is 4. The van der Waals surface area contributed by atoms with Crippen LogP contribution in [0.25, 0.3) is 0 Å². The highest BCUT2D eigenvalue weighted by atomic mass is 32.1. The molecule has 0 saturated carbocycles. The first-order valence-corrected chi connectivity index (χ1v) is 5.84. The molecule has 0 aliphatic carbocycles. The number of nitrogens with two attached hydrogens (primary N) is 1. The lowest BCUT2D eigenvalue weighted by atomic mass is 10.1. The van der Waals surface area contributed by atoms with Crippen LogP contribution in [0.5, 0.6) is 0 Å². The third kappa shape index (κ3) is 2.55. The molecule has 1 unspecified atom stereocenters. The number of rotatable bonds is 3. The quantitative estimate of drug-likeness (QED) is 0.740. The minimum atomic E-state index is 0.0418. The van der Waals surface area contributed by atoms with E-state index in [1.807, 2.05) is 12.1 Å². The summed E-state index contributed by atoms with van der Waals surface area (Å²) in [4.78, 5) is 6.87. The Morgan fingerprint density at radius 2 is 2.00 bits per heavy atom. The zero-order chi connectivity index (χ0) is 11.4.